The van der Waals surface area contributed by atoms with Crippen LogP contribution in [0.5, 0.6) is 0 Å². The molecule has 0 aromatic heterocycles. The van der Waals surface area contributed by atoms with E-state index in [2.05, 4.69) is 43.5 Å². The second-order valence-corrected chi connectivity index (χ2v) is 14.1. The summed E-state index contributed by atoms with van der Waals surface area (Å²) >= 11 is 0. The highest BCUT2D eigenvalue weighted by Gasteiger charge is 2.27. The largest absolute Gasteiger partial charge is 0.387 e. The molecule has 264 valence electrons. The van der Waals surface area contributed by atoms with Crippen LogP contribution in [0.1, 0.15) is 168 Å². The van der Waals surface area contributed by atoms with Gasteiger partial charge in [0.1, 0.15) is 6.10 Å². The lowest BCUT2D eigenvalue weighted by molar-refractivity contribution is -0.130. The SMILES string of the molecule is CCCCCC/C=C/CC/C=C/CC/C=C/C(O)C(CS(=O)(=O)O)NC(=O)C(O)CCCCCCCCCCCCCCCC. The van der Waals surface area contributed by atoms with Crippen molar-refractivity contribution >= 4 is 16.0 Å². The van der Waals surface area contributed by atoms with Gasteiger partial charge in [-0.25, -0.2) is 0 Å². The minimum Gasteiger partial charge on any atom is -0.387 e. The van der Waals surface area contributed by atoms with Gasteiger partial charge < -0.3 is 15.5 Å². The van der Waals surface area contributed by atoms with Gasteiger partial charge in [-0.3, -0.25) is 9.35 Å². The van der Waals surface area contributed by atoms with Gasteiger partial charge in [0.15, 0.2) is 0 Å². The second kappa shape index (κ2) is 31.1. The summed E-state index contributed by atoms with van der Waals surface area (Å²) < 4.78 is 32.4. The third-order valence-corrected chi connectivity index (χ3v) is 8.94. The maximum atomic E-state index is 12.5. The van der Waals surface area contributed by atoms with Crippen molar-refractivity contribution in [3.63, 3.8) is 0 Å². The number of hydrogen-bond donors (Lipinski definition) is 4. The summed E-state index contributed by atoms with van der Waals surface area (Å²) in [5.74, 6) is -1.56. The van der Waals surface area contributed by atoms with Crippen LogP contribution in [0.25, 0.3) is 0 Å². The third kappa shape index (κ3) is 30.9. The fourth-order valence-corrected chi connectivity index (χ4v) is 6.04. The molecule has 3 unspecified atom stereocenters. The number of rotatable bonds is 32. The van der Waals surface area contributed by atoms with Gasteiger partial charge in [0, 0.05) is 0 Å². The first kappa shape index (κ1) is 43.5. The molecule has 0 radical (unpaired) electrons. The minimum absolute atomic E-state index is 0.273. The molecule has 45 heavy (non-hydrogen) atoms. The van der Waals surface area contributed by atoms with E-state index >= 15 is 0 Å². The molecule has 0 spiro atoms. The van der Waals surface area contributed by atoms with Crippen LogP contribution in [0.2, 0.25) is 0 Å². The van der Waals surface area contributed by atoms with Gasteiger partial charge >= 0.3 is 0 Å². The number of unbranched alkanes of at least 4 members (excludes halogenated alkanes) is 19. The zero-order valence-corrected chi connectivity index (χ0v) is 29.7. The summed E-state index contributed by atoms with van der Waals surface area (Å²) in [4.78, 5) is 12.5. The Labute approximate surface area is 277 Å². The molecular weight excluding hydrogens is 586 g/mol. The summed E-state index contributed by atoms with van der Waals surface area (Å²) in [6, 6.07) is -1.25. The van der Waals surface area contributed by atoms with Gasteiger partial charge in [-0.15, -0.1) is 0 Å². The van der Waals surface area contributed by atoms with Crippen molar-refractivity contribution in [2.75, 3.05) is 5.75 Å². The summed E-state index contributed by atoms with van der Waals surface area (Å²) in [5.41, 5.74) is 0. The van der Waals surface area contributed by atoms with E-state index in [4.69, 9.17) is 0 Å². The number of hydrogen-bond acceptors (Lipinski definition) is 5. The van der Waals surface area contributed by atoms with Crippen molar-refractivity contribution in [1.29, 1.82) is 0 Å². The Morgan fingerprint density at radius 3 is 1.47 bits per heavy atom. The fourth-order valence-electron chi connectivity index (χ4n) is 5.31. The van der Waals surface area contributed by atoms with Crippen molar-refractivity contribution in [2.24, 2.45) is 0 Å². The van der Waals surface area contributed by atoms with Gasteiger partial charge in [-0.1, -0.05) is 159 Å². The summed E-state index contributed by atoms with van der Waals surface area (Å²) in [5, 5.41) is 23.3. The number of allylic oxidation sites excluding steroid dienone is 5. The van der Waals surface area contributed by atoms with Crippen LogP contribution in [0.4, 0.5) is 0 Å². The number of carbonyl (C=O) groups excluding carboxylic acids is 1. The lowest BCUT2D eigenvalue weighted by Gasteiger charge is -2.22. The van der Waals surface area contributed by atoms with E-state index in [0.717, 1.165) is 44.9 Å². The highest BCUT2D eigenvalue weighted by atomic mass is 32.2. The molecule has 0 rings (SSSR count). The summed E-state index contributed by atoms with van der Waals surface area (Å²) in [6.45, 7) is 4.46. The molecule has 0 saturated heterocycles. The normalized spacial score (nSPS) is 14.5. The molecule has 3 atom stereocenters. The van der Waals surface area contributed by atoms with Crippen LogP contribution < -0.4 is 5.32 Å². The van der Waals surface area contributed by atoms with Crippen LogP contribution in [0.3, 0.4) is 0 Å². The van der Waals surface area contributed by atoms with Crippen LogP contribution in [-0.4, -0.2) is 53.1 Å². The monoisotopic (exact) mass is 655 g/mol. The fraction of sp³-hybridized carbons (Fsp3) is 0.811. The van der Waals surface area contributed by atoms with Crippen molar-refractivity contribution < 1.29 is 28.0 Å². The van der Waals surface area contributed by atoms with Crippen LogP contribution >= 0.6 is 0 Å². The van der Waals surface area contributed by atoms with Crippen LogP contribution in [-0.2, 0) is 14.9 Å². The molecule has 8 heteroatoms. The molecule has 0 aromatic carbocycles. The molecule has 0 aliphatic carbocycles. The Hall–Kier alpha value is -1.48. The van der Waals surface area contributed by atoms with Gasteiger partial charge in [0.25, 0.3) is 10.1 Å². The lowest BCUT2D eigenvalue weighted by Crippen LogP contribution is -2.50. The Bertz CT molecular complexity index is 870. The topological polar surface area (TPSA) is 124 Å². The van der Waals surface area contributed by atoms with Crippen molar-refractivity contribution in [3.05, 3.63) is 36.5 Å². The van der Waals surface area contributed by atoms with E-state index in [1.54, 1.807) is 6.08 Å². The van der Waals surface area contributed by atoms with E-state index in [1.165, 1.54) is 96.0 Å². The van der Waals surface area contributed by atoms with Crippen LogP contribution in [0, 0.1) is 0 Å². The van der Waals surface area contributed by atoms with Crippen molar-refractivity contribution in [1.82, 2.24) is 5.32 Å². The molecule has 0 bridgehead atoms. The zero-order chi connectivity index (χ0) is 33.4. The zero-order valence-electron chi connectivity index (χ0n) is 28.8. The first-order chi connectivity index (χ1) is 21.7. The second-order valence-electron chi connectivity index (χ2n) is 12.6. The molecular formula is C37H69NO6S. The summed E-state index contributed by atoms with van der Waals surface area (Å²) in [6.07, 6.45) is 36.3. The Morgan fingerprint density at radius 2 is 1.00 bits per heavy atom. The van der Waals surface area contributed by atoms with Crippen molar-refractivity contribution in [3.8, 4) is 0 Å². The number of amides is 1. The Morgan fingerprint density at radius 1 is 0.600 bits per heavy atom. The molecule has 0 aromatic rings. The molecule has 0 aliphatic heterocycles. The van der Waals surface area contributed by atoms with E-state index in [0.29, 0.717) is 12.8 Å². The van der Waals surface area contributed by atoms with Gasteiger partial charge in [0.2, 0.25) is 5.91 Å². The van der Waals surface area contributed by atoms with Crippen molar-refractivity contribution in [2.45, 2.75) is 186 Å². The molecule has 0 fully saturated rings. The molecule has 0 saturated carbocycles. The standard InChI is InChI=1S/C37H69NO6S/c1-3-5-7-9-11-13-15-17-19-21-23-25-27-29-31-35(39)34(33-45(42,43)44)38-37(41)36(40)32-30-28-26-24-22-20-18-16-14-12-10-8-6-4-2/h13,15,21,23,29,31,34-36,39-40H,3-12,14,16-20,22,24-28,30,32-33H2,1-2H3,(H,38,41)(H,42,43,44)/b15-13+,23-21+,31-29+. The number of aliphatic hydroxyl groups excluding tert-OH is 2. The Kier molecular flexibility index (Phi) is 30.1. The highest BCUT2D eigenvalue weighted by molar-refractivity contribution is 7.85. The smallest absolute Gasteiger partial charge is 0.267 e. The molecule has 0 aliphatic rings. The lowest BCUT2D eigenvalue weighted by atomic mass is 10.0. The predicted octanol–water partition coefficient (Wildman–Crippen LogP) is 9.15. The first-order valence-electron chi connectivity index (χ1n) is 18.3. The van der Waals surface area contributed by atoms with Gasteiger partial charge in [-0.05, 0) is 44.9 Å². The molecule has 7 nitrogen and oxygen atoms in total. The van der Waals surface area contributed by atoms with E-state index in [1.807, 2.05) is 0 Å². The van der Waals surface area contributed by atoms with Gasteiger partial charge in [-0.2, -0.15) is 8.42 Å². The maximum absolute atomic E-state index is 12.5. The van der Waals surface area contributed by atoms with E-state index < -0.39 is 40.0 Å². The quantitative estimate of drug-likeness (QED) is 0.0326. The minimum atomic E-state index is -4.45. The maximum Gasteiger partial charge on any atom is 0.267 e. The number of nitrogens with one attached hydrogen (secondary N) is 1. The first-order valence-corrected chi connectivity index (χ1v) is 19.9. The Balaban J connectivity index is 4.19. The average molecular weight is 656 g/mol. The van der Waals surface area contributed by atoms with E-state index in [-0.39, 0.29) is 6.42 Å². The average Bonchev–Trinajstić information content (AvgIpc) is 3.00. The summed E-state index contributed by atoms with van der Waals surface area (Å²) in [7, 11) is -4.45. The molecule has 1 amide bonds. The van der Waals surface area contributed by atoms with Gasteiger partial charge in [0.05, 0.1) is 17.9 Å². The van der Waals surface area contributed by atoms with E-state index in [9.17, 15) is 28.0 Å². The number of aliphatic hydroxyl groups is 2. The predicted molar refractivity (Wildman–Crippen MR) is 190 cm³/mol. The van der Waals surface area contributed by atoms with Crippen LogP contribution in [0.15, 0.2) is 36.5 Å². The third-order valence-electron chi connectivity index (χ3n) is 8.15. The highest BCUT2D eigenvalue weighted by Crippen LogP contribution is 2.14. The number of carbonyl (C=O) groups is 1. The molecule has 0 heterocycles. The molecule has 4 N–H and O–H groups in total.